The monoisotopic (exact) mass is 339 g/mol. The molecule has 4 heterocycles. The summed E-state index contributed by atoms with van der Waals surface area (Å²) in [6.07, 6.45) is 5.58. The lowest BCUT2D eigenvalue weighted by molar-refractivity contribution is 0.569. The average Bonchev–Trinajstić information content (AvgIpc) is 3.14. The summed E-state index contributed by atoms with van der Waals surface area (Å²) in [7, 11) is 0. The fraction of sp³-hybridized carbons (Fsp3) is 0.389. The molecule has 1 fully saturated rings. The number of hydrogen-bond donors (Lipinski definition) is 1. The molecule has 4 rings (SSSR count). The van der Waals surface area contributed by atoms with E-state index in [0.29, 0.717) is 0 Å². The number of anilines is 2. The third-order valence-electron chi connectivity index (χ3n) is 4.36. The number of nitrogens with one attached hydrogen (secondary N) is 1. The number of thiophene rings is 1. The third kappa shape index (κ3) is 3.19. The van der Waals surface area contributed by atoms with Gasteiger partial charge in [-0.2, -0.15) is 4.98 Å². The van der Waals surface area contributed by atoms with E-state index in [2.05, 4.69) is 38.8 Å². The minimum absolute atomic E-state index is 0.782. The van der Waals surface area contributed by atoms with Crippen LogP contribution in [0.2, 0.25) is 0 Å². The number of aromatic nitrogens is 3. The molecule has 3 aromatic heterocycles. The van der Waals surface area contributed by atoms with Crippen molar-refractivity contribution in [2.24, 2.45) is 0 Å². The van der Waals surface area contributed by atoms with E-state index in [1.807, 2.05) is 13.1 Å². The van der Waals surface area contributed by atoms with E-state index in [0.717, 1.165) is 48.0 Å². The second-order valence-corrected chi connectivity index (χ2v) is 7.23. The van der Waals surface area contributed by atoms with Crippen molar-refractivity contribution in [3.63, 3.8) is 0 Å². The SMILES string of the molecule is Cc1cc2c(NCc3cccs3)nc(N3CCCCC3)nc2cn1. The van der Waals surface area contributed by atoms with Crippen molar-refractivity contribution in [1.82, 2.24) is 15.0 Å². The minimum atomic E-state index is 0.782. The molecule has 1 aliphatic rings. The van der Waals surface area contributed by atoms with Crippen LogP contribution in [0, 0.1) is 6.92 Å². The molecule has 1 saturated heterocycles. The number of hydrogen-bond acceptors (Lipinski definition) is 6. The largest absolute Gasteiger partial charge is 0.364 e. The van der Waals surface area contributed by atoms with Gasteiger partial charge in [0.1, 0.15) is 5.82 Å². The molecular formula is C18H21N5S. The Labute approximate surface area is 145 Å². The Balaban J connectivity index is 1.71. The molecule has 0 aromatic carbocycles. The molecule has 1 N–H and O–H groups in total. The van der Waals surface area contributed by atoms with Crippen molar-refractivity contribution in [1.29, 1.82) is 0 Å². The van der Waals surface area contributed by atoms with Gasteiger partial charge in [-0.05, 0) is 43.7 Å². The molecule has 6 heteroatoms. The van der Waals surface area contributed by atoms with Crippen molar-refractivity contribution in [2.75, 3.05) is 23.3 Å². The molecule has 0 saturated carbocycles. The lowest BCUT2D eigenvalue weighted by Crippen LogP contribution is -2.31. The number of fused-ring (bicyclic) bond motifs is 1. The second-order valence-electron chi connectivity index (χ2n) is 6.20. The maximum Gasteiger partial charge on any atom is 0.227 e. The summed E-state index contributed by atoms with van der Waals surface area (Å²) in [6.45, 7) is 4.86. The zero-order chi connectivity index (χ0) is 16.4. The number of pyridine rings is 1. The Hall–Kier alpha value is -2.21. The number of piperidine rings is 1. The van der Waals surface area contributed by atoms with Crippen LogP contribution in [0.1, 0.15) is 29.8 Å². The molecular weight excluding hydrogens is 318 g/mol. The first-order valence-corrected chi connectivity index (χ1v) is 9.33. The number of aryl methyl sites for hydroxylation is 1. The highest BCUT2D eigenvalue weighted by atomic mass is 32.1. The van der Waals surface area contributed by atoms with Crippen LogP contribution in [0.4, 0.5) is 11.8 Å². The highest BCUT2D eigenvalue weighted by molar-refractivity contribution is 7.09. The molecule has 3 aromatic rings. The van der Waals surface area contributed by atoms with Gasteiger partial charge in [-0.25, -0.2) is 4.98 Å². The van der Waals surface area contributed by atoms with Crippen LogP contribution in [-0.2, 0) is 6.54 Å². The van der Waals surface area contributed by atoms with E-state index in [1.54, 1.807) is 11.3 Å². The predicted octanol–water partition coefficient (Wildman–Crippen LogP) is 4.00. The van der Waals surface area contributed by atoms with E-state index >= 15 is 0 Å². The van der Waals surface area contributed by atoms with E-state index < -0.39 is 0 Å². The predicted molar refractivity (Wildman–Crippen MR) is 99.8 cm³/mol. The van der Waals surface area contributed by atoms with Crippen LogP contribution < -0.4 is 10.2 Å². The Morgan fingerprint density at radius 2 is 2.08 bits per heavy atom. The van der Waals surface area contributed by atoms with Gasteiger partial charge in [0.05, 0.1) is 18.3 Å². The highest BCUT2D eigenvalue weighted by Crippen LogP contribution is 2.26. The molecule has 0 radical (unpaired) electrons. The van der Waals surface area contributed by atoms with E-state index in [-0.39, 0.29) is 0 Å². The molecule has 0 aliphatic carbocycles. The van der Waals surface area contributed by atoms with Gasteiger partial charge in [0, 0.05) is 29.0 Å². The van der Waals surface area contributed by atoms with Crippen LogP contribution in [0.3, 0.4) is 0 Å². The first kappa shape index (κ1) is 15.3. The molecule has 0 bridgehead atoms. The van der Waals surface area contributed by atoms with Gasteiger partial charge in [0.15, 0.2) is 0 Å². The molecule has 5 nitrogen and oxygen atoms in total. The van der Waals surface area contributed by atoms with Gasteiger partial charge in [-0.15, -0.1) is 11.3 Å². The fourth-order valence-electron chi connectivity index (χ4n) is 3.08. The Morgan fingerprint density at radius 1 is 1.21 bits per heavy atom. The summed E-state index contributed by atoms with van der Waals surface area (Å²) in [5.41, 5.74) is 1.89. The van der Waals surface area contributed by atoms with Crippen LogP contribution in [0.5, 0.6) is 0 Å². The van der Waals surface area contributed by atoms with Crippen LogP contribution in [-0.4, -0.2) is 28.0 Å². The van der Waals surface area contributed by atoms with Crippen molar-refractivity contribution in [3.05, 3.63) is 40.3 Å². The highest BCUT2D eigenvalue weighted by Gasteiger charge is 2.16. The first-order valence-electron chi connectivity index (χ1n) is 8.45. The van der Waals surface area contributed by atoms with Crippen molar-refractivity contribution >= 4 is 34.0 Å². The maximum absolute atomic E-state index is 4.85. The van der Waals surface area contributed by atoms with Gasteiger partial charge >= 0.3 is 0 Å². The van der Waals surface area contributed by atoms with E-state index in [1.165, 1.54) is 24.1 Å². The standard InChI is InChI=1S/C18H21N5S/c1-13-10-15-16(12-19-13)21-18(23-7-3-2-4-8-23)22-17(15)20-11-14-6-5-9-24-14/h5-6,9-10,12H,2-4,7-8,11H2,1H3,(H,20,21,22). The number of rotatable bonds is 4. The zero-order valence-corrected chi connectivity index (χ0v) is 14.6. The topological polar surface area (TPSA) is 53.9 Å². The maximum atomic E-state index is 4.85. The lowest BCUT2D eigenvalue weighted by atomic mass is 10.1. The second kappa shape index (κ2) is 6.73. The zero-order valence-electron chi connectivity index (χ0n) is 13.8. The first-order chi connectivity index (χ1) is 11.8. The van der Waals surface area contributed by atoms with Crippen molar-refractivity contribution in [2.45, 2.75) is 32.7 Å². The normalized spacial score (nSPS) is 15.0. The summed E-state index contributed by atoms with van der Waals surface area (Å²) in [6, 6.07) is 6.28. The average molecular weight is 339 g/mol. The van der Waals surface area contributed by atoms with Gasteiger partial charge < -0.3 is 10.2 Å². The summed E-state index contributed by atoms with van der Waals surface area (Å²) < 4.78 is 0. The minimum Gasteiger partial charge on any atom is -0.364 e. The molecule has 124 valence electrons. The molecule has 0 atom stereocenters. The van der Waals surface area contributed by atoms with E-state index in [9.17, 15) is 0 Å². The summed E-state index contributed by atoms with van der Waals surface area (Å²) in [4.78, 5) is 17.6. The van der Waals surface area contributed by atoms with Gasteiger partial charge in [0.25, 0.3) is 0 Å². The Kier molecular flexibility index (Phi) is 4.30. The fourth-order valence-corrected chi connectivity index (χ4v) is 3.72. The smallest absolute Gasteiger partial charge is 0.227 e. The van der Waals surface area contributed by atoms with Crippen molar-refractivity contribution < 1.29 is 0 Å². The van der Waals surface area contributed by atoms with Gasteiger partial charge in [-0.1, -0.05) is 6.07 Å². The number of nitrogens with zero attached hydrogens (tertiary/aromatic N) is 4. The van der Waals surface area contributed by atoms with Crippen molar-refractivity contribution in [3.8, 4) is 0 Å². The quantitative estimate of drug-likeness (QED) is 0.779. The third-order valence-corrected chi connectivity index (χ3v) is 5.23. The summed E-state index contributed by atoms with van der Waals surface area (Å²) >= 11 is 1.75. The van der Waals surface area contributed by atoms with E-state index in [4.69, 9.17) is 9.97 Å². The van der Waals surface area contributed by atoms with Gasteiger partial charge in [0.2, 0.25) is 5.95 Å². The summed E-state index contributed by atoms with van der Waals surface area (Å²) in [5, 5.41) is 6.64. The molecule has 24 heavy (non-hydrogen) atoms. The summed E-state index contributed by atoms with van der Waals surface area (Å²) in [5.74, 6) is 1.72. The lowest BCUT2D eigenvalue weighted by Gasteiger charge is -2.27. The molecule has 0 spiro atoms. The van der Waals surface area contributed by atoms with Crippen LogP contribution >= 0.6 is 11.3 Å². The van der Waals surface area contributed by atoms with Gasteiger partial charge in [-0.3, -0.25) is 4.98 Å². The Bertz CT molecular complexity index is 825. The Morgan fingerprint density at radius 3 is 2.88 bits per heavy atom. The molecule has 1 aliphatic heterocycles. The molecule has 0 unspecified atom stereocenters. The van der Waals surface area contributed by atoms with Crippen LogP contribution in [0.25, 0.3) is 10.9 Å². The molecule has 0 amide bonds. The van der Waals surface area contributed by atoms with Crippen LogP contribution in [0.15, 0.2) is 29.8 Å².